The number of sulfonamides is 1. The van der Waals surface area contributed by atoms with Crippen LogP contribution in [0.3, 0.4) is 0 Å². The largest absolute Gasteiger partial charge is 0.497 e. The molecule has 4 aromatic rings. The van der Waals surface area contributed by atoms with Crippen molar-refractivity contribution in [2.75, 3.05) is 24.6 Å². The summed E-state index contributed by atoms with van der Waals surface area (Å²) < 4.78 is 69.0. The number of rotatable bonds is 12. The van der Waals surface area contributed by atoms with Crippen LogP contribution in [0.25, 0.3) is 0 Å². The fourth-order valence-electron chi connectivity index (χ4n) is 4.33. The monoisotopic (exact) mass is 614 g/mol. The summed E-state index contributed by atoms with van der Waals surface area (Å²) in [7, 11) is -2.87. The average molecular weight is 615 g/mol. The second-order valence-electron chi connectivity index (χ2n) is 9.25. The van der Waals surface area contributed by atoms with E-state index in [0.717, 1.165) is 22.5 Å². The Morgan fingerprint density at radius 2 is 1.71 bits per heavy atom. The van der Waals surface area contributed by atoms with Crippen LogP contribution in [0.15, 0.2) is 95.9 Å². The molecule has 1 atom stereocenters. The summed E-state index contributed by atoms with van der Waals surface area (Å²) in [5.41, 5.74) is 0.438. The maximum Gasteiger partial charge on any atom is 0.264 e. The van der Waals surface area contributed by atoms with E-state index in [0.29, 0.717) is 40.6 Å². The van der Waals surface area contributed by atoms with E-state index >= 15 is 4.39 Å². The molecule has 0 saturated carbocycles. The molecule has 42 heavy (non-hydrogen) atoms. The van der Waals surface area contributed by atoms with E-state index in [1.54, 1.807) is 55.5 Å². The fourth-order valence-corrected chi connectivity index (χ4v) is 6.09. The number of methoxy groups -OCH3 is 1. The Morgan fingerprint density at radius 3 is 2.45 bits per heavy atom. The second-order valence-corrected chi connectivity index (χ2v) is 11.5. The van der Waals surface area contributed by atoms with E-state index in [1.807, 2.05) is 0 Å². The molecule has 0 fully saturated rings. The van der Waals surface area contributed by atoms with Crippen LogP contribution >= 0.6 is 11.6 Å². The normalized spacial score (nSPS) is 11.9. The van der Waals surface area contributed by atoms with Gasteiger partial charge in [-0.3, -0.25) is 9.10 Å². The van der Waals surface area contributed by atoms with Crippen LogP contribution in [0.5, 0.6) is 11.5 Å². The van der Waals surface area contributed by atoms with Gasteiger partial charge in [-0.15, -0.1) is 0 Å². The number of hydrogen-bond donors (Lipinski definition) is 1. The summed E-state index contributed by atoms with van der Waals surface area (Å²) in [5, 5.41) is 3.14. The minimum absolute atomic E-state index is 0.146. The molecule has 220 valence electrons. The number of benzene rings is 4. The van der Waals surface area contributed by atoms with Crippen LogP contribution in [-0.2, 0) is 10.0 Å². The smallest absolute Gasteiger partial charge is 0.264 e. The van der Waals surface area contributed by atoms with E-state index in [2.05, 4.69) is 5.32 Å². The Labute approximate surface area is 248 Å². The lowest BCUT2D eigenvalue weighted by Crippen LogP contribution is -2.34. The number of nitrogens with one attached hydrogen (secondary N) is 1. The third kappa shape index (κ3) is 7.18. The standard InChI is InChI=1S/C31H29ClF2N2O5S/c1-21(36(29-20-24(33)13-16-28(29)34)42(38,39)26-14-11-23(32)12-15-26)27-9-3-4-10-30(27)41-18-6-17-35-31(37)22-7-5-8-25(19-22)40-2/h3-5,7-16,19-21H,6,17-18H2,1-2H3,(H,35,37). The Kier molecular flexibility index (Phi) is 10.0. The SMILES string of the molecule is COc1cccc(C(=O)NCCCOc2ccccc2C(C)N(c2cc(F)ccc2F)S(=O)(=O)c2ccc(Cl)cc2)c1. The number of halogens is 3. The first kappa shape index (κ1) is 30.8. The molecule has 4 aromatic carbocycles. The summed E-state index contributed by atoms with van der Waals surface area (Å²) in [4.78, 5) is 12.3. The molecule has 0 aliphatic carbocycles. The van der Waals surface area contributed by atoms with E-state index < -0.39 is 33.4 Å². The van der Waals surface area contributed by atoms with Gasteiger partial charge in [0.1, 0.15) is 23.1 Å². The minimum atomic E-state index is -4.39. The van der Waals surface area contributed by atoms with Crippen molar-refractivity contribution in [1.82, 2.24) is 5.32 Å². The van der Waals surface area contributed by atoms with Crippen molar-refractivity contribution in [2.45, 2.75) is 24.3 Å². The molecule has 0 aliphatic heterocycles. The van der Waals surface area contributed by atoms with Crippen LogP contribution in [0.4, 0.5) is 14.5 Å². The van der Waals surface area contributed by atoms with Gasteiger partial charge in [0.15, 0.2) is 0 Å². The molecule has 1 unspecified atom stereocenters. The molecule has 0 aliphatic rings. The number of amides is 1. The van der Waals surface area contributed by atoms with Crippen molar-refractivity contribution in [3.63, 3.8) is 0 Å². The zero-order chi connectivity index (χ0) is 30.3. The lowest BCUT2D eigenvalue weighted by molar-refractivity contribution is 0.0951. The van der Waals surface area contributed by atoms with Gasteiger partial charge < -0.3 is 14.8 Å². The molecule has 4 rings (SSSR count). The highest BCUT2D eigenvalue weighted by atomic mass is 35.5. The van der Waals surface area contributed by atoms with Gasteiger partial charge >= 0.3 is 0 Å². The molecular formula is C31H29ClF2N2O5S. The molecule has 0 radical (unpaired) electrons. The summed E-state index contributed by atoms with van der Waals surface area (Å²) in [6, 6.07) is 20.6. The summed E-state index contributed by atoms with van der Waals surface area (Å²) >= 11 is 5.95. The third-order valence-corrected chi connectivity index (χ3v) is 8.58. The zero-order valence-corrected chi connectivity index (χ0v) is 24.5. The second kappa shape index (κ2) is 13.7. The van der Waals surface area contributed by atoms with Gasteiger partial charge in [0.2, 0.25) is 0 Å². The quantitative estimate of drug-likeness (QED) is 0.178. The van der Waals surface area contributed by atoms with E-state index in [-0.39, 0.29) is 17.4 Å². The fraction of sp³-hybridized carbons (Fsp3) is 0.194. The zero-order valence-electron chi connectivity index (χ0n) is 22.9. The Balaban J connectivity index is 1.54. The van der Waals surface area contributed by atoms with Gasteiger partial charge in [-0.1, -0.05) is 35.9 Å². The maximum atomic E-state index is 15.1. The van der Waals surface area contributed by atoms with E-state index in [1.165, 1.54) is 31.4 Å². The molecule has 1 amide bonds. The molecule has 11 heteroatoms. The van der Waals surface area contributed by atoms with E-state index in [9.17, 15) is 17.6 Å². The van der Waals surface area contributed by atoms with Crippen molar-refractivity contribution in [2.24, 2.45) is 0 Å². The Bertz CT molecular complexity index is 1650. The van der Waals surface area contributed by atoms with Gasteiger partial charge in [0.25, 0.3) is 15.9 Å². The lowest BCUT2D eigenvalue weighted by atomic mass is 10.1. The number of hydrogen-bond acceptors (Lipinski definition) is 5. The van der Waals surface area contributed by atoms with Crippen molar-refractivity contribution in [3.05, 3.63) is 119 Å². The van der Waals surface area contributed by atoms with Gasteiger partial charge in [0.05, 0.1) is 30.3 Å². The van der Waals surface area contributed by atoms with Crippen LogP contribution < -0.4 is 19.1 Å². The Hall–Kier alpha value is -4.15. The molecule has 0 saturated heterocycles. The Morgan fingerprint density at radius 1 is 0.976 bits per heavy atom. The number of nitrogens with zero attached hydrogens (tertiary/aromatic N) is 1. The number of anilines is 1. The molecule has 0 aromatic heterocycles. The van der Waals surface area contributed by atoms with Gasteiger partial charge in [-0.25, -0.2) is 17.2 Å². The highest BCUT2D eigenvalue weighted by Gasteiger charge is 2.34. The highest BCUT2D eigenvalue weighted by Crippen LogP contribution is 2.38. The molecule has 7 nitrogen and oxygen atoms in total. The minimum Gasteiger partial charge on any atom is -0.497 e. The predicted octanol–water partition coefficient (Wildman–Crippen LogP) is 6.78. The summed E-state index contributed by atoms with van der Waals surface area (Å²) in [5.74, 6) is -1.04. The number of carbonyl (C=O) groups is 1. The van der Waals surface area contributed by atoms with Crippen LogP contribution in [-0.4, -0.2) is 34.6 Å². The van der Waals surface area contributed by atoms with Crippen LogP contribution in [0.2, 0.25) is 5.02 Å². The molecule has 0 heterocycles. The summed E-state index contributed by atoms with van der Waals surface area (Å²) in [6.07, 6.45) is 0.448. The molecule has 1 N–H and O–H groups in total. The maximum absolute atomic E-state index is 15.1. The van der Waals surface area contributed by atoms with Gasteiger partial charge in [-0.2, -0.15) is 0 Å². The van der Waals surface area contributed by atoms with Crippen molar-refractivity contribution in [1.29, 1.82) is 0 Å². The average Bonchev–Trinajstić information content (AvgIpc) is 2.99. The van der Waals surface area contributed by atoms with Gasteiger partial charge in [0, 0.05) is 28.8 Å². The first-order valence-corrected chi connectivity index (χ1v) is 14.8. The molecule has 0 bridgehead atoms. The van der Waals surface area contributed by atoms with Crippen molar-refractivity contribution < 1.29 is 31.5 Å². The number of carbonyl (C=O) groups excluding carboxylic acids is 1. The number of ether oxygens (including phenoxy) is 2. The highest BCUT2D eigenvalue weighted by molar-refractivity contribution is 7.92. The first-order valence-electron chi connectivity index (χ1n) is 13.0. The third-order valence-electron chi connectivity index (χ3n) is 6.43. The van der Waals surface area contributed by atoms with Crippen molar-refractivity contribution in [3.8, 4) is 11.5 Å². The van der Waals surface area contributed by atoms with E-state index in [4.69, 9.17) is 21.1 Å². The first-order chi connectivity index (χ1) is 20.1. The summed E-state index contributed by atoms with van der Waals surface area (Å²) in [6.45, 7) is 2.08. The van der Waals surface area contributed by atoms with Crippen LogP contribution in [0, 0.1) is 11.6 Å². The molecule has 0 spiro atoms. The van der Waals surface area contributed by atoms with Crippen molar-refractivity contribution >= 4 is 33.2 Å². The molecular weight excluding hydrogens is 586 g/mol. The topological polar surface area (TPSA) is 84.9 Å². The lowest BCUT2D eigenvalue weighted by Gasteiger charge is -2.32. The predicted molar refractivity (Wildman–Crippen MR) is 158 cm³/mol. The van der Waals surface area contributed by atoms with Gasteiger partial charge in [-0.05, 0) is 74.0 Å². The number of para-hydroxylation sites is 1. The van der Waals surface area contributed by atoms with Crippen LogP contribution in [0.1, 0.15) is 35.3 Å².